The highest BCUT2D eigenvalue weighted by molar-refractivity contribution is 5.38. The Hall–Kier alpha value is -1.02. The van der Waals surface area contributed by atoms with E-state index in [1.54, 1.807) is 0 Å². The Morgan fingerprint density at radius 3 is 2.28 bits per heavy atom. The number of benzene rings is 1. The van der Waals surface area contributed by atoms with Gasteiger partial charge in [-0.05, 0) is 30.0 Å². The van der Waals surface area contributed by atoms with Crippen LogP contribution in [0.3, 0.4) is 0 Å². The van der Waals surface area contributed by atoms with Gasteiger partial charge in [0.15, 0.2) is 0 Å². The topological polar surface area (TPSA) is 21.3 Å². The quantitative estimate of drug-likeness (QED) is 0.861. The van der Waals surface area contributed by atoms with E-state index in [9.17, 15) is 0 Å². The maximum absolute atomic E-state index is 6.02. The summed E-state index contributed by atoms with van der Waals surface area (Å²) in [5.41, 5.74) is 1.38. The zero-order chi connectivity index (χ0) is 13.8. The summed E-state index contributed by atoms with van der Waals surface area (Å²) in [6, 6.07) is 8.71. The highest BCUT2D eigenvalue weighted by Crippen LogP contribution is 2.31. The minimum Gasteiger partial charge on any atom is -0.492 e. The van der Waals surface area contributed by atoms with Crippen molar-refractivity contribution in [3.8, 4) is 5.75 Å². The molecular formula is C16H27NO. The molecule has 0 aliphatic carbocycles. The van der Waals surface area contributed by atoms with Gasteiger partial charge in [0.05, 0.1) is 0 Å². The van der Waals surface area contributed by atoms with Gasteiger partial charge < -0.3 is 10.1 Å². The Kier molecular flexibility index (Phi) is 5.21. The third-order valence-corrected chi connectivity index (χ3v) is 3.29. The van der Waals surface area contributed by atoms with E-state index in [1.807, 2.05) is 13.1 Å². The summed E-state index contributed by atoms with van der Waals surface area (Å²) >= 11 is 0. The van der Waals surface area contributed by atoms with Crippen molar-refractivity contribution in [1.29, 1.82) is 0 Å². The number of nitrogens with one attached hydrogen (secondary N) is 1. The maximum Gasteiger partial charge on any atom is 0.123 e. The van der Waals surface area contributed by atoms with Crippen molar-refractivity contribution < 1.29 is 4.74 Å². The Bertz CT molecular complexity index is 366. The molecule has 0 fully saturated rings. The van der Waals surface area contributed by atoms with Crippen LogP contribution in [0.2, 0.25) is 0 Å². The van der Waals surface area contributed by atoms with Gasteiger partial charge in [-0.15, -0.1) is 0 Å². The van der Waals surface area contributed by atoms with Gasteiger partial charge in [-0.1, -0.05) is 52.8 Å². The number of likely N-dealkylation sites (N-methyl/N-ethyl adjacent to an activating group) is 1. The van der Waals surface area contributed by atoms with Crippen molar-refractivity contribution in [2.24, 2.45) is 5.92 Å². The lowest BCUT2D eigenvalue weighted by Gasteiger charge is -2.25. The zero-order valence-corrected chi connectivity index (χ0v) is 12.6. The Labute approximate surface area is 112 Å². The number of hydrogen-bond acceptors (Lipinski definition) is 2. The summed E-state index contributed by atoms with van der Waals surface area (Å²) in [6.07, 6.45) is 0. The van der Waals surface area contributed by atoms with Crippen molar-refractivity contribution in [3.63, 3.8) is 0 Å². The van der Waals surface area contributed by atoms with E-state index < -0.39 is 0 Å². The van der Waals surface area contributed by atoms with Crippen LogP contribution >= 0.6 is 0 Å². The van der Waals surface area contributed by atoms with Gasteiger partial charge in [-0.25, -0.2) is 0 Å². The van der Waals surface area contributed by atoms with Gasteiger partial charge in [-0.3, -0.25) is 0 Å². The predicted octanol–water partition coefficient (Wildman–Crippen LogP) is 3.61. The first-order valence-corrected chi connectivity index (χ1v) is 6.76. The van der Waals surface area contributed by atoms with Crippen LogP contribution in [0.1, 0.15) is 40.2 Å². The molecule has 1 aromatic carbocycles. The molecule has 0 spiro atoms. The van der Waals surface area contributed by atoms with Crippen LogP contribution in [0, 0.1) is 5.92 Å². The molecule has 0 saturated heterocycles. The largest absolute Gasteiger partial charge is 0.492 e. The second-order valence-electron chi connectivity index (χ2n) is 6.20. The summed E-state index contributed by atoms with van der Waals surface area (Å²) in [6.45, 7) is 11.8. The second-order valence-corrected chi connectivity index (χ2v) is 6.20. The molecule has 0 aliphatic rings. The highest BCUT2D eigenvalue weighted by Gasteiger charge is 2.19. The summed E-state index contributed by atoms with van der Waals surface area (Å²) in [7, 11) is 1.99. The van der Waals surface area contributed by atoms with Crippen LogP contribution < -0.4 is 10.1 Å². The van der Waals surface area contributed by atoms with Crippen molar-refractivity contribution in [3.05, 3.63) is 29.8 Å². The minimum atomic E-state index is 0.115. The van der Waals surface area contributed by atoms with Gasteiger partial charge >= 0.3 is 0 Å². The van der Waals surface area contributed by atoms with E-state index in [0.29, 0.717) is 18.6 Å². The molecule has 1 unspecified atom stereocenters. The van der Waals surface area contributed by atoms with Crippen LogP contribution in [0.25, 0.3) is 0 Å². The molecule has 102 valence electrons. The molecule has 0 radical (unpaired) electrons. The number of hydrogen-bond donors (Lipinski definition) is 1. The van der Waals surface area contributed by atoms with Crippen LogP contribution in [0.15, 0.2) is 24.3 Å². The third-order valence-electron chi connectivity index (χ3n) is 3.29. The molecule has 1 rings (SSSR count). The fraction of sp³-hybridized carbons (Fsp3) is 0.625. The highest BCUT2D eigenvalue weighted by atomic mass is 16.5. The molecule has 1 N–H and O–H groups in total. The monoisotopic (exact) mass is 249 g/mol. The molecule has 0 heterocycles. The van der Waals surface area contributed by atoms with Gasteiger partial charge in [0, 0.05) is 6.04 Å². The molecule has 1 aromatic rings. The van der Waals surface area contributed by atoms with Gasteiger partial charge in [0.2, 0.25) is 0 Å². The van der Waals surface area contributed by atoms with E-state index in [-0.39, 0.29) is 5.41 Å². The standard InChI is InChI=1S/C16H27NO/c1-12(2)14(17-6)11-18-15-10-8-7-9-13(15)16(3,4)5/h7-10,12,14,17H,11H2,1-6H3. The Morgan fingerprint density at radius 1 is 1.17 bits per heavy atom. The zero-order valence-electron chi connectivity index (χ0n) is 12.6. The Morgan fingerprint density at radius 2 is 1.78 bits per heavy atom. The molecule has 0 aromatic heterocycles. The molecule has 0 bridgehead atoms. The first-order chi connectivity index (χ1) is 8.36. The van der Waals surface area contributed by atoms with Crippen molar-refractivity contribution in [2.75, 3.05) is 13.7 Å². The predicted molar refractivity (Wildman–Crippen MR) is 78.3 cm³/mol. The number of rotatable bonds is 5. The molecule has 2 nitrogen and oxygen atoms in total. The molecule has 0 aliphatic heterocycles. The summed E-state index contributed by atoms with van der Waals surface area (Å²) in [5.74, 6) is 1.57. The lowest BCUT2D eigenvalue weighted by molar-refractivity contribution is 0.234. The Balaban J connectivity index is 2.79. The number of para-hydroxylation sites is 1. The first kappa shape index (κ1) is 15.0. The van der Waals surface area contributed by atoms with Gasteiger partial charge in [-0.2, -0.15) is 0 Å². The van der Waals surface area contributed by atoms with E-state index in [0.717, 1.165) is 5.75 Å². The molecule has 1 atom stereocenters. The lowest BCUT2D eigenvalue weighted by Crippen LogP contribution is -2.36. The third kappa shape index (κ3) is 4.02. The average molecular weight is 249 g/mol. The van der Waals surface area contributed by atoms with E-state index in [1.165, 1.54) is 5.56 Å². The minimum absolute atomic E-state index is 0.115. The lowest BCUT2D eigenvalue weighted by atomic mass is 9.86. The fourth-order valence-corrected chi connectivity index (χ4v) is 2.00. The number of ether oxygens (including phenoxy) is 1. The first-order valence-electron chi connectivity index (χ1n) is 6.76. The van der Waals surface area contributed by atoms with E-state index in [4.69, 9.17) is 4.74 Å². The second kappa shape index (κ2) is 6.24. The van der Waals surface area contributed by atoms with Crippen molar-refractivity contribution in [1.82, 2.24) is 5.32 Å². The van der Waals surface area contributed by atoms with E-state index >= 15 is 0 Å². The summed E-state index contributed by atoms with van der Waals surface area (Å²) in [4.78, 5) is 0. The van der Waals surface area contributed by atoms with Gasteiger partial charge in [0.25, 0.3) is 0 Å². The normalized spacial score (nSPS) is 13.7. The molecule has 2 heteroatoms. The maximum atomic E-state index is 6.02. The van der Waals surface area contributed by atoms with Crippen LogP contribution in [0.5, 0.6) is 5.75 Å². The fourth-order valence-electron chi connectivity index (χ4n) is 2.00. The van der Waals surface area contributed by atoms with Crippen molar-refractivity contribution >= 4 is 0 Å². The molecule has 18 heavy (non-hydrogen) atoms. The molecule has 0 amide bonds. The van der Waals surface area contributed by atoms with E-state index in [2.05, 4.69) is 58.1 Å². The summed E-state index contributed by atoms with van der Waals surface area (Å²) < 4.78 is 6.02. The van der Waals surface area contributed by atoms with Crippen LogP contribution in [-0.4, -0.2) is 19.7 Å². The molecule has 0 saturated carbocycles. The SMILES string of the molecule is CNC(COc1ccccc1C(C)(C)C)C(C)C. The van der Waals surface area contributed by atoms with Crippen molar-refractivity contribution in [2.45, 2.75) is 46.1 Å². The summed E-state index contributed by atoms with van der Waals surface area (Å²) in [5, 5.41) is 3.30. The molecular weight excluding hydrogens is 222 g/mol. The van der Waals surface area contributed by atoms with Crippen LogP contribution in [-0.2, 0) is 5.41 Å². The van der Waals surface area contributed by atoms with Gasteiger partial charge in [0.1, 0.15) is 12.4 Å². The average Bonchev–Trinajstić information content (AvgIpc) is 2.28. The smallest absolute Gasteiger partial charge is 0.123 e. The van der Waals surface area contributed by atoms with Crippen LogP contribution in [0.4, 0.5) is 0 Å².